The first-order chi connectivity index (χ1) is 9.46. The molecule has 7 heteroatoms. The van der Waals surface area contributed by atoms with E-state index in [-0.39, 0.29) is 23.7 Å². The predicted octanol–water partition coefficient (Wildman–Crippen LogP) is 2.39. The molecule has 0 spiro atoms. The first kappa shape index (κ1) is 15.9. The number of ketones is 1. The van der Waals surface area contributed by atoms with Crippen LogP contribution in [0.25, 0.3) is 0 Å². The second-order valence-electron chi connectivity index (χ2n) is 3.65. The van der Waals surface area contributed by atoms with Gasteiger partial charge in [0.05, 0.1) is 26.4 Å². The summed E-state index contributed by atoms with van der Waals surface area (Å²) in [6.07, 6.45) is -2.88. The lowest BCUT2D eigenvalue weighted by Gasteiger charge is -2.14. The number of ether oxygens (including phenoxy) is 3. The van der Waals surface area contributed by atoms with E-state index in [2.05, 4.69) is 4.74 Å². The Labute approximate surface area is 114 Å². The minimum absolute atomic E-state index is 0.0135. The molecule has 0 fully saturated rings. The van der Waals surface area contributed by atoms with Gasteiger partial charge >= 0.3 is 5.97 Å². The van der Waals surface area contributed by atoms with Crippen molar-refractivity contribution in [2.24, 2.45) is 0 Å². The Hall–Kier alpha value is -2.18. The number of hydrogen-bond acceptors (Lipinski definition) is 5. The molecule has 0 saturated carbocycles. The van der Waals surface area contributed by atoms with Gasteiger partial charge in [-0.2, -0.15) is 0 Å². The average molecular weight is 288 g/mol. The number of alkyl halides is 2. The van der Waals surface area contributed by atoms with E-state index < -0.39 is 23.7 Å². The molecule has 0 aromatic heterocycles. The Bertz CT molecular complexity index is 514. The maximum Gasteiger partial charge on any atom is 0.379 e. The highest BCUT2D eigenvalue weighted by atomic mass is 19.3. The molecule has 1 rings (SSSR count). The molecule has 0 heterocycles. The van der Waals surface area contributed by atoms with Crippen LogP contribution in [0.1, 0.15) is 29.3 Å². The quantitative estimate of drug-likeness (QED) is 0.457. The Balaban J connectivity index is 3.32. The van der Waals surface area contributed by atoms with Gasteiger partial charge in [0.15, 0.2) is 11.5 Å². The molecule has 0 radical (unpaired) electrons. The number of hydrogen-bond donors (Lipinski definition) is 0. The molecule has 20 heavy (non-hydrogen) atoms. The normalized spacial score (nSPS) is 10.3. The fourth-order valence-electron chi connectivity index (χ4n) is 1.60. The van der Waals surface area contributed by atoms with Crippen LogP contribution < -0.4 is 9.47 Å². The molecule has 1 aromatic rings. The largest absolute Gasteiger partial charge is 0.493 e. The fourth-order valence-corrected chi connectivity index (χ4v) is 1.60. The van der Waals surface area contributed by atoms with Gasteiger partial charge in [0, 0.05) is 5.56 Å². The number of esters is 1. The van der Waals surface area contributed by atoms with Crippen molar-refractivity contribution in [2.75, 3.05) is 20.8 Å². The smallest absolute Gasteiger partial charge is 0.379 e. The summed E-state index contributed by atoms with van der Waals surface area (Å²) in [5.41, 5.74) is -0.768. The van der Waals surface area contributed by atoms with E-state index in [0.717, 1.165) is 12.1 Å². The van der Waals surface area contributed by atoms with Crippen LogP contribution in [0.15, 0.2) is 12.1 Å². The summed E-state index contributed by atoms with van der Waals surface area (Å²) in [7, 11) is 2.45. The van der Waals surface area contributed by atoms with Gasteiger partial charge in [-0.25, -0.2) is 13.6 Å². The van der Waals surface area contributed by atoms with Gasteiger partial charge in [-0.1, -0.05) is 0 Å². The fraction of sp³-hybridized carbons (Fsp3) is 0.385. The summed E-state index contributed by atoms with van der Waals surface area (Å²) >= 11 is 0. The zero-order chi connectivity index (χ0) is 15.3. The summed E-state index contributed by atoms with van der Waals surface area (Å²) in [4.78, 5) is 23.1. The highest BCUT2D eigenvalue weighted by Crippen LogP contribution is 2.38. The van der Waals surface area contributed by atoms with Crippen molar-refractivity contribution in [3.05, 3.63) is 23.3 Å². The van der Waals surface area contributed by atoms with E-state index in [1.54, 1.807) is 0 Å². The number of methoxy groups -OCH3 is 2. The summed E-state index contributed by atoms with van der Waals surface area (Å²) in [6.45, 7) is 1.55. The van der Waals surface area contributed by atoms with Crippen LogP contribution in [0.3, 0.4) is 0 Å². The minimum atomic E-state index is -2.88. The first-order valence-electron chi connectivity index (χ1n) is 5.71. The van der Waals surface area contributed by atoms with E-state index in [1.807, 2.05) is 0 Å². The predicted molar refractivity (Wildman–Crippen MR) is 65.5 cm³/mol. The Morgan fingerprint density at radius 2 is 1.85 bits per heavy atom. The summed E-state index contributed by atoms with van der Waals surface area (Å²) < 4.78 is 40.2. The van der Waals surface area contributed by atoms with Crippen LogP contribution in [0.5, 0.6) is 11.5 Å². The third kappa shape index (κ3) is 3.23. The zero-order valence-electron chi connectivity index (χ0n) is 11.2. The highest BCUT2D eigenvalue weighted by Gasteiger charge is 2.25. The van der Waals surface area contributed by atoms with Crippen molar-refractivity contribution in [1.82, 2.24) is 0 Å². The van der Waals surface area contributed by atoms with Gasteiger partial charge in [0.25, 0.3) is 12.2 Å². The standard InChI is InChI=1S/C13H14F2O5/c1-4-20-13(17)10(16)7-5-8(12(14)15)11(19-3)9(6-7)18-2/h5-6,12H,4H2,1-3H3. The molecular weight excluding hydrogens is 274 g/mol. The van der Waals surface area contributed by atoms with E-state index in [4.69, 9.17) is 9.47 Å². The first-order valence-corrected chi connectivity index (χ1v) is 5.71. The van der Waals surface area contributed by atoms with E-state index in [9.17, 15) is 18.4 Å². The van der Waals surface area contributed by atoms with Crippen LogP contribution in [0.2, 0.25) is 0 Å². The van der Waals surface area contributed by atoms with Crippen LogP contribution in [-0.4, -0.2) is 32.6 Å². The summed E-state index contributed by atoms with van der Waals surface area (Å²) in [6, 6.07) is 2.05. The second kappa shape index (κ2) is 6.83. The van der Waals surface area contributed by atoms with Gasteiger partial charge < -0.3 is 14.2 Å². The average Bonchev–Trinajstić information content (AvgIpc) is 2.44. The van der Waals surface area contributed by atoms with E-state index in [0.29, 0.717) is 0 Å². The number of rotatable bonds is 6. The molecular formula is C13H14F2O5. The Kier molecular flexibility index (Phi) is 5.42. The van der Waals surface area contributed by atoms with Crippen LogP contribution >= 0.6 is 0 Å². The topological polar surface area (TPSA) is 61.8 Å². The molecule has 0 saturated heterocycles. The van der Waals surface area contributed by atoms with Gasteiger partial charge in [-0.15, -0.1) is 0 Å². The minimum Gasteiger partial charge on any atom is -0.493 e. The van der Waals surface area contributed by atoms with E-state index in [1.165, 1.54) is 21.1 Å². The SMILES string of the molecule is CCOC(=O)C(=O)c1cc(OC)c(OC)c(C(F)F)c1. The number of Topliss-reactive ketones (excluding diaryl/α,β-unsaturated/α-hetero) is 1. The summed E-state index contributed by atoms with van der Waals surface area (Å²) in [5, 5.41) is 0. The molecule has 0 unspecified atom stereocenters. The molecule has 0 aliphatic carbocycles. The third-order valence-electron chi connectivity index (χ3n) is 2.47. The van der Waals surface area contributed by atoms with Gasteiger partial charge in [0.1, 0.15) is 0 Å². The monoisotopic (exact) mass is 288 g/mol. The maximum absolute atomic E-state index is 13.0. The lowest BCUT2D eigenvalue weighted by Crippen LogP contribution is -2.18. The lowest BCUT2D eigenvalue weighted by molar-refractivity contribution is -0.137. The van der Waals surface area contributed by atoms with Crippen molar-refractivity contribution >= 4 is 11.8 Å². The molecule has 0 aliphatic heterocycles. The van der Waals surface area contributed by atoms with Crippen molar-refractivity contribution in [1.29, 1.82) is 0 Å². The van der Waals surface area contributed by atoms with Crippen LogP contribution in [-0.2, 0) is 9.53 Å². The van der Waals surface area contributed by atoms with Crippen molar-refractivity contribution in [3.63, 3.8) is 0 Å². The molecule has 0 N–H and O–H groups in total. The zero-order valence-corrected chi connectivity index (χ0v) is 11.2. The van der Waals surface area contributed by atoms with Gasteiger partial charge in [0.2, 0.25) is 0 Å². The van der Waals surface area contributed by atoms with Crippen molar-refractivity contribution in [2.45, 2.75) is 13.3 Å². The van der Waals surface area contributed by atoms with Crippen LogP contribution in [0, 0.1) is 0 Å². The molecule has 1 aromatic carbocycles. The maximum atomic E-state index is 13.0. The molecule has 0 amide bonds. The number of halogens is 2. The van der Waals surface area contributed by atoms with Crippen molar-refractivity contribution < 1.29 is 32.6 Å². The molecule has 0 aliphatic rings. The third-order valence-corrected chi connectivity index (χ3v) is 2.47. The molecule has 110 valence electrons. The van der Waals surface area contributed by atoms with Gasteiger partial charge in [-0.05, 0) is 19.1 Å². The molecule has 5 nitrogen and oxygen atoms in total. The number of carbonyl (C=O) groups is 2. The Morgan fingerprint density at radius 3 is 2.30 bits per heavy atom. The summed E-state index contributed by atoms with van der Waals surface area (Å²) in [5.74, 6) is -2.37. The Morgan fingerprint density at radius 1 is 1.20 bits per heavy atom. The molecule has 0 bridgehead atoms. The lowest BCUT2D eigenvalue weighted by atomic mass is 10.1. The second-order valence-corrected chi connectivity index (χ2v) is 3.65. The highest BCUT2D eigenvalue weighted by molar-refractivity contribution is 6.40. The number of carbonyl (C=O) groups excluding carboxylic acids is 2. The van der Waals surface area contributed by atoms with Crippen LogP contribution in [0.4, 0.5) is 8.78 Å². The van der Waals surface area contributed by atoms with Crippen molar-refractivity contribution in [3.8, 4) is 11.5 Å². The van der Waals surface area contributed by atoms with Gasteiger partial charge in [-0.3, -0.25) is 4.79 Å². The van der Waals surface area contributed by atoms with E-state index >= 15 is 0 Å². The molecule has 0 atom stereocenters. The number of benzene rings is 1.